The van der Waals surface area contributed by atoms with Crippen LogP contribution in [0.5, 0.6) is 0 Å². The van der Waals surface area contributed by atoms with Gasteiger partial charge in [0.2, 0.25) is 0 Å². The number of nitrogens with zero attached hydrogens (tertiary/aromatic N) is 4. The van der Waals surface area contributed by atoms with Gasteiger partial charge in [0.1, 0.15) is 5.82 Å². The normalized spacial score (nSPS) is 12.0. The van der Waals surface area contributed by atoms with Crippen molar-refractivity contribution in [2.24, 2.45) is 0 Å². The van der Waals surface area contributed by atoms with Crippen molar-refractivity contribution in [1.82, 2.24) is 14.5 Å². The Labute approximate surface area is 274 Å². The van der Waals surface area contributed by atoms with Gasteiger partial charge in [-0.25, -0.2) is 4.98 Å². The van der Waals surface area contributed by atoms with E-state index in [1.807, 2.05) is 18.5 Å². The monoisotopic (exact) mass is 604 g/mol. The summed E-state index contributed by atoms with van der Waals surface area (Å²) in [6, 6.07) is 47.9. The van der Waals surface area contributed by atoms with Crippen molar-refractivity contribution >= 4 is 38.9 Å². The number of hydrogen-bond acceptors (Lipinski definition) is 3. The number of fused-ring (bicyclic) bond motifs is 7. The zero-order valence-electron chi connectivity index (χ0n) is 26.4. The Bertz CT molecular complexity index is 2460. The first-order chi connectivity index (χ1) is 23.1. The van der Waals surface area contributed by atoms with Crippen LogP contribution in [0.3, 0.4) is 0 Å². The van der Waals surface area contributed by atoms with E-state index < -0.39 is 0 Å². The van der Waals surface area contributed by atoms with Gasteiger partial charge in [0.25, 0.3) is 0 Å². The van der Waals surface area contributed by atoms with Gasteiger partial charge in [0, 0.05) is 45.8 Å². The van der Waals surface area contributed by atoms with E-state index in [1.165, 1.54) is 49.7 Å². The fraction of sp³-hybridized carbons (Fsp3) is 0.0698. The van der Waals surface area contributed by atoms with Gasteiger partial charge in [-0.1, -0.05) is 72.8 Å². The molecule has 9 rings (SSSR count). The second-order valence-corrected chi connectivity index (χ2v) is 12.4. The van der Waals surface area contributed by atoms with E-state index in [9.17, 15) is 0 Å². The summed E-state index contributed by atoms with van der Waals surface area (Å²) in [4.78, 5) is 12.0. The predicted octanol–water partition coefficient (Wildman–Crippen LogP) is 10.9. The molecule has 0 N–H and O–H groups in total. The molecule has 3 heterocycles. The molecule has 0 saturated carbocycles. The van der Waals surface area contributed by atoms with Gasteiger partial charge >= 0.3 is 0 Å². The Morgan fingerprint density at radius 2 is 1.40 bits per heavy atom. The molecule has 0 unspecified atom stereocenters. The van der Waals surface area contributed by atoms with Gasteiger partial charge in [-0.05, 0) is 114 Å². The standard InChI is InChI=1S/C43H32N4/c1-28-23-38(45-27-29(28)2)31-12-10-15-34(25-31)46(33-13-4-3-5-14-33)35-19-20-37-40(26-35)47(41-17-8-9-22-44-41)39-21-18-32-24-30-11-6-7-16-36(30)42(32)43(37)39/h3-23,25-27H,24H2,1-2H3. The molecule has 0 amide bonds. The molecule has 0 saturated heterocycles. The molecule has 0 fully saturated rings. The first-order valence-corrected chi connectivity index (χ1v) is 16.1. The van der Waals surface area contributed by atoms with Crippen LogP contribution in [0.4, 0.5) is 17.1 Å². The topological polar surface area (TPSA) is 34.0 Å². The Hall–Kier alpha value is -6.00. The molecule has 5 aromatic carbocycles. The lowest BCUT2D eigenvalue weighted by molar-refractivity contribution is 1.08. The van der Waals surface area contributed by atoms with E-state index >= 15 is 0 Å². The van der Waals surface area contributed by atoms with Crippen LogP contribution in [-0.4, -0.2) is 14.5 Å². The number of pyridine rings is 2. The van der Waals surface area contributed by atoms with Crippen LogP contribution in [0.25, 0.3) is 50.0 Å². The van der Waals surface area contributed by atoms with Gasteiger partial charge in [0.15, 0.2) is 0 Å². The average molecular weight is 605 g/mol. The molecule has 0 spiro atoms. The highest BCUT2D eigenvalue weighted by Gasteiger charge is 2.25. The van der Waals surface area contributed by atoms with E-state index in [1.54, 1.807) is 0 Å². The highest BCUT2D eigenvalue weighted by Crippen LogP contribution is 2.47. The summed E-state index contributed by atoms with van der Waals surface area (Å²) in [5.41, 5.74) is 15.5. The zero-order valence-corrected chi connectivity index (χ0v) is 26.4. The Morgan fingerprint density at radius 3 is 2.26 bits per heavy atom. The van der Waals surface area contributed by atoms with Crippen molar-refractivity contribution in [1.29, 1.82) is 0 Å². The number of aromatic nitrogens is 3. The summed E-state index contributed by atoms with van der Waals surface area (Å²) < 4.78 is 2.33. The molecule has 3 aromatic heterocycles. The molecule has 1 aliphatic carbocycles. The van der Waals surface area contributed by atoms with Crippen LogP contribution >= 0.6 is 0 Å². The van der Waals surface area contributed by atoms with Crippen LogP contribution in [-0.2, 0) is 6.42 Å². The molecule has 0 bridgehead atoms. The summed E-state index contributed by atoms with van der Waals surface area (Å²) in [5.74, 6) is 0.907. The summed E-state index contributed by atoms with van der Waals surface area (Å²) in [6.07, 6.45) is 4.80. The van der Waals surface area contributed by atoms with E-state index in [0.29, 0.717) is 0 Å². The van der Waals surface area contributed by atoms with Crippen molar-refractivity contribution in [2.45, 2.75) is 20.3 Å². The summed E-state index contributed by atoms with van der Waals surface area (Å²) >= 11 is 0. The maximum absolute atomic E-state index is 4.85. The molecule has 0 radical (unpaired) electrons. The lowest BCUT2D eigenvalue weighted by atomic mass is 9.99. The van der Waals surface area contributed by atoms with E-state index in [4.69, 9.17) is 9.97 Å². The fourth-order valence-corrected chi connectivity index (χ4v) is 7.20. The Balaban J connectivity index is 1.30. The third-order valence-electron chi connectivity index (χ3n) is 9.59. The quantitative estimate of drug-likeness (QED) is 0.196. The van der Waals surface area contributed by atoms with Gasteiger partial charge in [-0.15, -0.1) is 0 Å². The average Bonchev–Trinajstić information content (AvgIpc) is 3.66. The first kappa shape index (κ1) is 27.3. The van der Waals surface area contributed by atoms with Gasteiger partial charge < -0.3 is 4.90 Å². The number of rotatable bonds is 5. The number of benzene rings is 5. The molecule has 4 heteroatoms. The van der Waals surface area contributed by atoms with Crippen molar-refractivity contribution in [3.05, 3.63) is 168 Å². The first-order valence-electron chi connectivity index (χ1n) is 16.1. The molecule has 4 nitrogen and oxygen atoms in total. The van der Waals surface area contributed by atoms with E-state index in [2.05, 4.69) is 151 Å². The third kappa shape index (κ3) is 4.44. The van der Waals surface area contributed by atoms with Crippen LogP contribution < -0.4 is 4.90 Å². The van der Waals surface area contributed by atoms with Gasteiger partial charge in [-0.2, -0.15) is 0 Å². The zero-order chi connectivity index (χ0) is 31.5. The van der Waals surface area contributed by atoms with Gasteiger partial charge in [-0.3, -0.25) is 9.55 Å². The predicted molar refractivity (Wildman–Crippen MR) is 194 cm³/mol. The SMILES string of the molecule is Cc1cnc(-c2cccc(N(c3ccccc3)c3ccc4c5c6c(ccc5n(-c5ccccn5)c4c3)Cc3ccccc3-6)c2)cc1C. The summed E-state index contributed by atoms with van der Waals surface area (Å²) in [7, 11) is 0. The highest BCUT2D eigenvalue weighted by molar-refractivity contribution is 6.18. The van der Waals surface area contributed by atoms with Crippen LogP contribution in [0, 0.1) is 13.8 Å². The second kappa shape index (κ2) is 10.8. The molecule has 224 valence electrons. The molecule has 0 atom stereocenters. The molecule has 0 aliphatic heterocycles. The van der Waals surface area contributed by atoms with E-state index in [-0.39, 0.29) is 0 Å². The minimum absolute atomic E-state index is 0.907. The number of para-hydroxylation sites is 1. The number of anilines is 3. The highest BCUT2D eigenvalue weighted by atomic mass is 15.1. The maximum Gasteiger partial charge on any atom is 0.137 e. The summed E-state index contributed by atoms with van der Waals surface area (Å²) in [5, 5.41) is 2.51. The molecular weight excluding hydrogens is 573 g/mol. The van der Waals surface area contributed by atoms with Crippen LogP contribution in [0.15, 0.2) is 146 Å². The molecule has 1 aliphatic rings. The second-order valence-electron chi connectivity index (χ2n) is 12.4. The minimum Gasteiger partial charge on any atom is -0.310 e. The molecule has 8 aromatic rings. The largest absolute Gasteiger partial charge is 0.310 e. The van der Waals surface area contributed by atoms with Crippen LogP contribution in [0.2, 0.25) is 0 Å². The fourth-order valence-electron chi connectivity index (χ4n) is 7.20. The Kier molecular flexibility index (Phi) is 6.29. The summed E-state index contributed by atoms with van der Waals surface area (Å²) in [6.45, 7) is 4.25. The minimum atomic E-state index is 0.907. The van der Waals surface area contributed by atoms with Crippen LogP contribution in [0.1, 0.15) is 22.3 Å². The van der Waals surface area contributed by atoms with E-state index in [0.717, 1.165) is 46.1 Å². The van der Waals surface area contributed by atoms with Crippen molar-refractivity contribution in [3.63, 3.8) is 0 Å². The number of hydrogen-bond donors (Lipinski definition) is 0. The molecule has 47 heavy (non-hydrogen) atoms. The molecular formula is C43H32N4. The maximum atomic E-state index is 4.85. The smallest absolute Gasteiger partial charge is 0.137 e. The van der Waals surface area contributed by atoms with Crippen molar-refractivity contribution in [2.75, 3.05) is 4.90 Å². The van der Waals surface area contributed by atoms with Crippen molar-refractivity contribution in [3.8, 4) is 28.2 Å². The Morgan fingerprint density at radius 1 is 0.596 bits per heavy atom. The lowest BCUT2D eigenvalue weighted by Crippen LogP contribution is -2.10. The third-order valence-corrected chi connectivity index (χ3v) is 9.59. The van der Waals surface area contributed by atoms with Crippen molar-refractivity contribution < 1.29 is 0 Å². The van der Waals surface area contributed by atoms with Gasteiger partial charge in [0.05, 0.1) is 16.7 Å². The lowest BCUT2D eigenvalue weighted by Gasteiger charge is -2.26. The number of aryl methyl sites for hydroxylation is 2.